The Kier molecular flexibility index (Phi) is 7.23. The first-order chi connectivity index (χ1) is 8.02. The second-order valence-corrected chi connectivity index (χ2v) is 3.45. The molecular formula is C11H15ClF2N2O2. The molecule has 0 spiro atoms. The van der Waals surface area contributed by atoms with Crippen molar-refractivity contribution in [3.63, 3.8) is 0 Å². The van der Waals surface area contributed by atoms with Gasteiger partial charge in [0, 0.05) is 24.7 Å². The van der Waals surface area contributed by atoms with Gasteiger partial charge in [0.25, 0.3) is 0 Å². The minimum absolute atomic E-state index is 0. The highest BCUT2D eigenvalue weighted by Crippen LogP contribution is 2.24. The van der Waals surface area contributed by atoms with E-state index in [1.807, 2.05) is 0 Å². The number of anilines is 1. The molecule has 0 unspecified atom stereocenters. The van der Waals surface area contributed by atoms with Crippen molar-refractivity contribution in [1.29, 1.82) is 0 Å². The molecule has 0 aliphatic rings. The fraction of sp³-hybridized carbons (Fsp3) is 0.364. The Morgan fingerprint density at radius 2 is 2.17 bits per heavy atom. The van der Waals surface area contributed by atoms with E-state index in [0.29, 0.717) is 11.3 Å². The molecule has 4 nitrogen and oxygen atoms in total. The molecule has 0 saturated heterocycles. The minimum Gasteiger partial charge on any atom is -0.434 e. The van der Waals surface area contributed by atoms with E-state index in [1.165, 1.54) is 6.07 Å². The summed E-state index contributed by atoms with van der Waals surface area (Å²) in [6, 6.07) is 4.56. The molecule has 1 aromatic rings. The third-order valence-corrected chi connectivity index (χ3v) is 2.06. The number of amides is 1. The SMILES string of the molecule is Cc1ccc(NC(=O)CCN)cc1OC(F)F.Cl. The summed E-state index contributed by atoms with van der Waals surface area (Å²) in [6.07, 6.45) is 0.179. The number of halogens is 3. The number of alkyl halides is 2. The third kappa shape index (κ3) is 5.29. The summed E-state index contributed by atoms with van der Waals surface area (Å²) in [4.78, 5) is 11.3. The molecule has 7 heteroatoms. The zero-order chi connectivity index (χ0) is 12.8. The molecule has 1 amide bonds. The van der Waals surface area contributed by atoms with Gasteiger partial charge in [0.15, 0.2) is 0 Å². The predicted molar refractivity (Wildman–Crippen MR) is 67.4 cm³/mol. The smallest absolute Gasteiger partial charge is 0.387 e. The van der Waals surface area contributed by atoms with Gasteiger partial charge in [0.05, 0.1) is 0 Å². The van der Waals surface area contributed by atoms with Gasteiger partial charge in [-0.25, -0.2) is 0 Å². The molecule has 0 saturated carbocycles. The number of ether oxygens (including phenoxy) is 1. The average molecular weight is 281 g/mol. The molecule has 0 atom stereocenters. The van der Waals surface area contributed by atoms with Crippen LogP contribution < -0.4 is 15.8 Å². The van der Waals surface area contributed by atoms with E-state index < -0.39 is 6.61 Å². The molecule has 0 fully saturated rings. The van der Waals surface area contributed by atoms with Crippen molar-refractivity contribution in [2.24, 2.45) is 5.73 Å². The monoisotopic (exact) mass is 280 g/mol. The molecule has 1 aromatic carbocycles. The van der Waals surface area contributed by atoms with Gasteiger partial charge in [-0.15, -0.1) is 12.4 Å². The molecule has 0 heterocycles. The van der Waals surface area contributed by atoms with Crippen LogP contribution >= 0.6 is 12.4 Å². The Balaban J connectivity index is 0.00000289. The molecule has 18 heavy (non-hydrogen) atoms. The number of hydrogen-bond donors (Lipinski definition) is 2. The van der Waals surface area contributed by atoms with Crippen LogP contribution in [-0.4, -0.2) is 19.1 Å². The highest BCUT2D eigenvalue weighted by molar-refractivity contribution is 5.91. The van der Waals surface area contributed by atoms with E-state index >= 15 is 0 Å². The summed E-state index contributed by atoms with van der Waals surface area (Å²) < 4.78 is 28.5. The molecule has 102 valence electrons. The summed E-state index contributed by atoms with van der Waals surface area (Å²) in [5, 5.41) is 2.54. The Morgan fingerprint density at radius 1 is 1.50 bits per heavy atom. The number of carbonyl (C=O) groups excluding carboxylic acids is 1. The molecule has 0 aromatic heterocycles. The summed E-state index contributed by atoms with van der Waals surface area (Å²) >= 11 is 0. The van der Waals surface area contributed by atoms with Crippen molar-refractivity contribution in [3.8, 4) is 5.75 Å². The quantitative estimate of drug-likeness (QED) is 0.870. The lowest BCUT2D eigenvalue weighted by Gasteiger charge is -2.10. The van der Waals surface area contributed by atoms with Crippen LogP contribution in [0.15, 0.2) is 18.2 Å². The van der Waals surface area contributed by atoms with Gasteiger partial charge in [-0.3, -0.25) is 4.79 Å². The first-order valence-electron chi connectivity index (χ1n) is 5.08. The van der Waals surface area contributed by atoms with E-state index in [2.05, 4.69) is 10.1 Å². The molecule has 3 N–H and O–H groups in total. The second kappa shape index (κ2) is 7.84. The molecule has 0 bridgehead atoms. The summed E-state index contributed by atoms with van der Waals surface area (Å²) in [7, 11) is 0. The molecule has 0 aliphatic carbocycles. The molecule has 0 aliphatic heterocycles. The van der Waals surface area contributed by atoms with Crippen LogP contribution in [0.25, 0.3) is 0 Å². The molecule has 0 radical (unpaired) electrons. The number of aryl methyl sites for hydroxylation is 1. The van der Waals surface area contributed by atoms with E-state index in [1.54, 1.807) is 19.1 Å². The predicted octanol–water partition coefficient (Wildman–Crippen LogP) is 2.31. The van der Waals surface area contributed by atoms with Crippen LogP contribution in [0.4, 0.5) is 14.5 Å². The van der Waals surface area contributed by atoms with Crippen molar-refractivity contribution >= 4 is 24.0 Å². The van der Waals surface area contributed by atoms with Gasteiger partial charge in [-0.1, -0.05) is 6.07 Å². The number of nitrogens with one attached hydrogen (secondary N) is 1. The number of nitrogens with two attached hydrogens (primary N) is 1. The maximum atomic E-state index is 12.1. The summed E-state index contributed by atoms with van der Waals surface area (Å²) in [5.74, 6) is -0.218. The van der Waals surface area contributed by atoms with Gasteiger partial charge in [0.1, 0.15) is 5.75 Å². The van der Waals surface area contributed by atoms with Crippen LogP contribution in [0.1, 0.15) is 12.0 Å². The fourth-order valence-corrected chi connectivity index (χ4v) is 1.26. The van der Waals surface area contributed by atoms with Gasteiger partial charge in [-0.2, -0.15) is 8.78 Å². The number of benzene rings is 1. The first kappa shape index (κ1) is 16.6. The van der Waals surface area contributed by atoms with E-state index in [4.69, 9.17) is 5.73 Å². The average Bonchev–Trinajstić information content (AvgIpc) is 2.22. The topological polar surface area (TPSA) is 64.4 Å². The van der Waals surface area contributed by atoms with Crippen molar-refractivity contribution in [1.82, 2.24) is 0 Å². The number of hydrogen-bond acceptors (Lipinski definition) is 3. The van der Waals surface area contributed by atoms with Crippen molar-refractivity contribution in [2.45, 2.75) is 20.0 Å². The largest absolute Gasteiger partial charge is 0.434 e. The van der Waals surface area contributed by atoms with E-state index in [0.717, 1.165) is 0 Å². The summed E-state index contributed by atoms with van der Waals surface area (Å²) in [6.45, 7) is -1.01. The van der Waals surface area contributed by atoms with Crippen LogP contribution in [-0.2, 0) is 4.79 Å². The Bertz CT molecular complexity index is 403. The van der Waals surface area contributed by atoms with Crippen LogP contribution in [0, 0.1) is 6.92 Å². The maximum absolute atomic E-state index is 12.1. The lowest BCUT2D eigenvalue weighted by molar-refractivity contribution is -0.116. The summed E-state index contributed by atoms with van der Waals surface area (Å²) in [5.41, 5.74) is 6.20. The zero-order valence-electron chi connectivity index (χ0n) is 9.78. The number of rotatable bonds is 5. The van der Waals surface area contributed by atoms with Crippen molar-refractivity contribution in [2.75, 3.05) is 11.9 Å². The lowest BCUT2D eigenvalue weighted by Crippen LogP contribution is -2.16. The van der Waals surface area contributed by atoms with Gasteiger partial charge >= 0.3 is 6.61 Å². The lowest BCUT2D eigenvalue weighted by atomic mass is 10.2. The Labute approximate surface area is 110 Å². The van der Waals surface area contributed by atoms with Crippen LogP contribution in [0.5, 0.6) is 5.75 Å². The van der Waals surface area contributed by atoms with Crippen LogP contribution in [0.2, 0.25) is 0 Å². The standard InChI is InChI=1S/C11H14F2N2O2.ClH/c1-7-2-3-8(15-10(16)4-5-14)6-9(7)17-11(12)13;/h2-3,6,11H,4-5,14H2,1H3,(H,15,16);1H. The second-order valence-electron chi connectivity index (χ2n) is 3.45. The zero-order valence-corrected chi connectivity index (χ0v) is 10.6. The van der Waals surface area contributed by atoms with Crippen molar-refractivity contribution in [3.05, 3.63) is 23.8 Å². The Morgan fingerprint density at radius 3 is 2.72 bits per heavy atom. The van der Waals surface area contributed by atoms with Crippen molar-refractivity contribution < 1.29 is 18.3 Å². The van der Waals surface area contributed by atoms with E-state index in [-0.39, 0.29) is 37.0 Å². The minimum atomic E-state index is -2.89. The molecular weight excluding hydrogens is 266 g/mol. The van der Waals surface area contributed by atoms with E-state index in [9.17, 15) is 13.6 Å². The van der Waals surface area contributed by atoms with Gasteiger partial charge in [-0.05, 0) is 18.6 Å². The van der Waals surface area contributed by atoms with Crippen LogP contribution in [0.3, 0.4) is 0 Å². The highest BCUT2D eigenvalue weighted by atomic mass is 35.5. The normalized spacial score (nSPS) is 9.83. The third-order valence-electron chi connectivity index (χ3n) is 2.06. The first-order valence-corrected chi connectivity index (χ1v) is 5.08. The number of carbonyl (C=O) groups is 1. The highest BCUT2D eigenvalue weighted by Gasteiger charge is 2.09. The maximum Gasteiger partial charge on any atom is 0.387 e. The Hall–Kier alpha value is -1.40. The fourth-order valence-electron chi connectivity index (χ4n) is 1.26. The van der Waals surface area contributed by atoms with Gasteiger partial charge in [0.2, 0.25) is 5.91 Å². The van der Waals surface area contributed by atoms with Gasteiger partial charge < -0.3 is 15.8 Å². The molecule has 1 rings (SSSR count).